The number of unbranched alkanes of at least 4 members (excludes halogenated alkanes) is 2. The van der Waals surface area contributed by atoms with Crippen LogP contribution in [0.2, 0.25) is 0 Å². The van der Waals surface area contributed by atoms with Crippen molar-refractivity contribution in [2.45, 2.75) is 243 Å². The Morgan fingerprint density at radius 1 is 0.721 bits per heavy atom. The smallest absolute Gasteiger partial charge is 0.317 e. The lowest BCUT2D eigenvalue weighted by atomic mass is 9.83. The zero-order valence-electron chi connectivity index (χ0n) is 51.8. The maximum absolute atomic E-state index is 13.9. The van der Waals surface area contributed by atoms with Gasteiger partial charge in [-0.05, 0) is 76.0 Å². The fraction of sp³-hybridized carbons (Fsp3) is 0.774. The number of carbonyl (C=O) groups excluding carboxylic acids is 3. The molecule has 15 N–H and O–H groups in total. The fourth-order valence-electron chi connectivity index (χ4n) is 10.8. The summed E-state index contributed by atoms with van der Waals surface area (Å²) in [7, 11) is 1.62. The Hall–Kier alpha value is -4.86. The summed E-state index contributed by atoms with van der Waals surface area (Å²) in [6, 6.07) is 0. The molecule has 2 aliphatic heterocycles. The molecule has 2 heterocycles. The van der Waals surface area contributed by atoms with E-state index in [9.17, 15) is 85.3 Å². The minimum absolute atomic E-state index is 0.00166. The number of hydrogen-bond donors (Lipinski definition) is 14. The zero-order valence-corrected chi connectivity index (χ0v) is 51.8. The van der Waals surface area contributed by atoms with Crippen LogP contribution in [0.3, 0.4) is 0 Å². The highest BCUT2D eigenvalue weighted by atomic mass is 16.7. The Labute approximate surface area is 507 Å². The predicted molar refractivity (Wildman–Crippen MR) is 318 cm³/mol. The molecule has 494 valence electrons. The molecule has 22 atom stereocenters. The molecule has 0 aromatic carbocycles. The quantitative estimate of drug-likeness (QED) is 0.0189. The molecule has 0 aromatic rings. The third kappa shape index (κ3) is 28.5. The van der Waals surface area contributed by atoms with Crippen molar-refractivity contribution in [1.82, 2.24) is 5.32 Å². The van der Waals surface area contributed by atoms with Crippen molar-refractivity contribution in [2.75, 3.05) is 13.6 Å². The first kappa shape index (κ1) is 77.2. The van der Waals surface area contributed by atoms with Gasteiger partial charge in [0.1, 0.15) is 37.3 Å². The van der Waals surface area contributed by atoms with E-state index in [0.717, 1.165) is 38.6 Å². The second-order valence-electron chi connectivity index (χ2n) is 24.4. The number of ether oxygens (including phenoxy) is 4. The molecule has 1 saturated heterocycles. The number of nitrogens with two attached hydrogens (primary N) is 1. The van der Waals surface area contributed by atoms with Crippen LogP contribution in [0.1, 0.15) is 158 Å². The minimum atomic E-state index is -2.74. The summed E-state index contributed by atoms with van der Waals surface area (Å²) >= 11 is 0. The number of aliphatic hydroxyl groups is 10. The first-order valence-corrected chi connectivity index (χ1v) is 30.5. The third-order valence-electron chi connectivity index (χ3n) is 16.7. The number of guanidine groups is 1. The highest BCUT2D eigenvalue weighted by Gasteiger charge is 2.51. The summed E-state index contributed by atoms with van der Waals surface area (Å²) in [5.74, 6) is -13.1. The van der Waals surface area contributed by atoms with E-state index in [1.54, 1.807) is 39.1 Å². The molecule has 2 bridgehead atoms. The number of nitrogens with one attached hydrogen (secondary N) is 1. The Kier molecular flexibility index (Phi) is 35.2. The monoisotopic (exact) mass is 1230 g/mol. The van der Waals surface area contributed by atoms with Gasteiger partial charge in [0.25, 0.3) is 0 Å². The third-order valence-corrected chi connectivity index (χ3v) is 16.7. The molecule has 2 rings (SSSR count). The molecule has 24 nitrogen and oxygen atoms in total. The Morgan fingerprint density at radius 3 is 1.95 bits per heavy atom. The summed E-state index contributed by atoms with van der Waals surface area (Å²) in [5, 5.41) is 135. The number of carboxylic acid groups (broad SMARTS) is 2. The van der Waals surface area contributed by atoms with Gasteiger partial charge in [-0.25, -0.2) is 0 Å². The highest BCUT2D eigenvalue weighted by Crippen LogP contribution is 2.38. The lowest BCUT2D eigenvalue weighted by Gasteiger charge is -2.45. The summed E-state index contributed by atoms with van der Waals surface area (Å²) in [6.07, 6.45) is -3.66. The molecule has 0 amide bonds. The largest absolute Gasteiger partial charge is 0.481 e. The molecule has 0 radical (unpaired) electrons. The van der Waals surface area contributed by atoms with Crippen molar-refractivity contribution >= 4 is 35.8 Å². The first-order valence-electron chi connectivity index (χ1n) is 30.5. The zero-order chi connectivity index (χ0) is 65.0. The highest BCUT2D eigenvalue weighted by molar-refractivity contribution is 5.90. The molecule has 86 heavy (non-hydrogen) atoms. The number of fused-ring (bicyclic) bond motifs is 2. The van der Waals surface area contributed by atoms with Crippen LogP contribution >= 0.6 is 0 Å². The van der Waals surface area contributed by atoms with E-state index in [0.29, 0.717) is 12.4 Å². The van der Waals surface area contributed by atoms with Gasteiger partial charge in [0, 0.05) is 69.4 Å². The van der Waals surface area contributed by atoms with Gasteiger partial charge in [-0.3, -0.25) is 29.0 Å². The van der Waals surface area contributed by atoms with E-state index in [2.05, 4.69) is 29.4 Å². The van der Waals surface area contributed by atoms with Gasteiger partial charge in [0.05, 0.1) is 60.9 Å². The van der Waals surface area contributed by atoms with Crippen molar-refractivity contribution in [2.24, 2.45) is 58.1 Å². The van der Waals surface area contributed by atoms with Gasteiger partial charge in [-0.2, -0.15) is 0 Å². The number of rotatable bonds is 17. The topological polar surface area (TPSA) is 415 Å². The number of aliphatic hydroxyl groups excluding tert-OH is 9. The minimum Gasteiger partial charge on any atom is -0.481 e. The summed E-state index contributed by atoms with van der Waals surface area (Å²) < 4.78 is 23.1. The van der Waals surface area contributed by atoms with Crippen LogP contribution in [-0.2, 0) is 42.9 Å². The van der Waals surface area contributed by atoms with Gasteiger partial charge in [-0.1, -0.05) is 103 Å². The van der Waals surface area contributed by atoms with Crippen molar-refractivity contribution < 1.29 is 104 Å². The summed E-state index contributed by atoms with van der Waals surface area (Å²) in [6.45, 7) is 14.5. The van der Waals surface area contributed by atoms with Crippen LogP contribution in [0.25, 0.3) is 0 Å². The van der Waals surface area contributed by atoms with Crippen molar-refractivity contribution in [3.8, 4) is 0 Å². The SMILES string of the molecule is CN=C(N)NCCC/C=C/CCC[C@H](C)C[C@H](C)[C@H]1OC(=O)[C@H](C)[C@H](O)/C=C\[C@H](C)[C@H](O)C[C@H](O)[C@H](C)[C@@H](O)CC[C@H](C)[C@H](OC(=O)CC(=O)O)C[C@]2(O)O[C@H](C[C@@H](OC(=O)CC(=O)O)C[C@H](O)C[C@@H](O)[C@H](C)[C@H](O)/C=C\C=C/[C@@H]1C)C[C@H](O)[C@H]2O. The van der Waals surface area contributed by atoms with E-state index in [-0.39, 0.29) is 43.4 Å². The van der Waals surface area contributed by atoms with E-state index in [1.165, 1.54) is 39.0 Å². The molecule has 1 fully saturated rings. The predicted octanol–water partition coefficient (Wildman–Crippen LogP) is 3.33. The fourth-order valence-corrected chi connectivity index (χ4v) is 10.8. The van der Waals surface area contributed by atoms with E-state index < -0.39 is 183 Å². The average molecular weight is 1230 g/mol. The lowest BCUT2D eigenvalue weighted by Crippen LogP contribution is -2.60. The molecule has 0 aliphatic carbocycles. The first-order chi connectivity index (χ1) is 40.3. The maximum atomic E-state index is 13.9. The van der Waals surface area contributed by atoms with Gasteiger partial charge < -0.3 is 91.3 Å². The number of cyclic esters (lactones) is 1. The number of aliphatic carboxylic acids is 2. The number of carboxylic acids is 2. The average Bonchev–Trinajstić information content (AvgIpc) is 1.63. The van der Waals surface area contributed by atoms with Crippen molar-refractivity contribution in [1.29, 1.82) is 0 Å². The Balaban J connectivity index is 2.54. The summed E-state index contributed by atoms with van der Waals surface area (Å²) in [4.78, 5) is 66.3. The lowest BCUT2D eigenvalue weighted by molar-refractivity contribution is -0.334. The van der Waals surface area contributed by atoms with Crippen LogP contribution in [0.4, 0.5) is 0 Å². The van der Waals surface area contributed by atoms with E-state index in [1.807, 2.05) is 13.8 Å². The van der Waals surface area contributed by atoms with Gasteiger partial charge >= 0.3 is 29.8 Å². The number of allylic oxidation sites excluding steroid dienone is 4. The van der Waals surface area contributed by atoms with Crippen LogP contribution in [0, 0.1) is 47.3 Å². The van der Waals surface area contributed by atoms with Crippen molar-refractivity contribution in [3.63, 3.8) is 0 Å². The standard InChI is InChI=1S/C62H105N3O21/c1-35(18-14-12-10-11-13-17-25-65-61(63)64-9)26-39(5)58-38(4)19-15-16-20-46(67)40(6)50(71)28-43(66)27-44(83-56(78)32-54(74)75)29-45-30-52(73)59(80)62(82,86-45)34-53(84-57(79)33-55(76)77)37(3)22-24-47(68)41(7)51(72)31-49(70)36(2)21-23-48(69)42(8)60(81)85-58/h10-11,15-16,19-21,23,35-53,58-59,66-73,80,82H,12-14,17-18,22,24-34H2,1-9H3,(H,74,75)(H,76,77)(H3,63,64,65)/b11-10+,19-15-,20-16-,23-21-/t35-,36-,37-,38-,39-,40+,41+,42+,43-,44-,45+,46+,47-,48+,49+,50+,51-,52-,53+,58-,59+,62-/m0/s1. The van der Waals surface area contributed by atoms with Gasteiger partial charge in [0.2, 0.25) is 0 Å². The maximum Gasteiger partial charge on any atom is 0.317 e. The normalized spacial score (nSPS) is 36.9. The Morgan fingerprint density at radius 2 is 1.33 bits per heavy atom. The number of hydrogen-bond acceptors (Lipinski definition) is 20. The second kappa shape index (κ2) is 39.2. The molecular weight excluding hydrogens is 1120 g/mol. The molecule has 0 spiro atoms. The Bertz CT molecular complexity index is 2200. The second-order valence-corrected chi connectivity index (χ2v) is 24.4. The van der Waals surface area contributed by atoms with Crippen LogP contribution in [-0.4, -0.2) is 196 Å². The van der Waals surface area contributed by atoms with Crippen LogP contribution < -0.4 is 11.1 Å². The number of esters is 3. The van der Waals surface area contributed by atoms with Crippen molar-refractivity contribution in [3.05, 3.63) is 48.6 Å². The van der Waals surface area contributed by atoms with E-state index in [4.69, 9.17) is 24.7 Å². The molecular formula is C62H105N3O21. The van der Waals surface area contributed by atoms with Gasteiger partial charge in [0.15, 0.2) is 11.7 Å². The molecule has 0 aromatic heterocycles. The number of nitrogens with zero attached hydrogens (tertiary/aromatic N) is 1. The molecule has 2 aliphatic rings. The number of aliphatic imine (C=N–C) groups is 1. The number of carbonyl (C=O) groups is 5. The van der Waals surface area contributed by atoms with E-state index >= 15 is 0 Å². The van der Waals surface area contributed by atoms with Crippen LogP contribution in [0.5, 0.6) is 0 Å². The molecule has 0 unspecified atom stereocenters. The molecule has 24 heteroatoms. The van der Waals surface area contributed by atoms with Gasteiger partial charge in [-0.15, -0.1) is 0 Å². The molecule has 0 saturated carbocycles. The van der Waals surface area contributed by atoms with Crippen LogP contribution in [0.15, 0.2) is 53.6 Å². The summed E-state index contributed by atoms with van der Waals surface area (Å²) in [5.41, 5.74) is 5.69.